The maximum absolute atomic E-state index is 10.8. The molecule has 1 unspecified atom stereocenters. The van der Waals surface area contributed by atoms with Crippen LogP contribution in [0.15, 0.2) is 34.9 Å². The molecular formula is C14H15NO3S. The Morgan fingerprint density at radius 1 is 1.32 bits per heavy atom. The largest absolute Gasteiger partial charge is 0.476 e. The Hall–Kier alpha value is -1.75. The van der Waals surface area contributed by atoms with Crippen molar-refractivity contribution in [2.75, 3.05) is 0 Å². The van der Waals surface area contributed by atoms with Crippen molar-refractivity contribution in [2.45, 2.75) is 25.0 Å². The van der Waals surface area contributed by atoms with Gasteiger partial charge in [0.15, 0.2) is 11.5 Å². The Kier molecular flexibility index (Phi) is 3.95. The number of carbonyl (C=O) groups is 1. The van der Waals surface area contributed by atoms with Gasteiger partial charge in [0.25, 0.3) is 0 Å². The third-order valence-electron chi connectivity index (χ3n) is 2.93. The van der Waals surface area contributed by atoms with E-state index < -0.39 is 5.97 Å². The Morgan fingerprint density at radius 2 is 1.95 bits per heavy atom. The SMILES string of the molecule is CC(C)c1ccccc1C(S)c1cc(C(=O)O)no1. The van der Waals surface area contributed by atoms with Gasteiger partial charge in [-0.25, -0.2) is 4.79 Å². The highest BCUT2D eigenvalue weighted by atomic mass is 32.1. The maximum atomic E-state index is 10.8. The second-order valence-corrected chi connectivity index (χ2v) is 5.12. The molecule has 2 aromatic rings. The summed E-state index contributed by atoms with van der Waals surface area (Å²) in [6, 6.07) is 9.33. The van der Waals surface area contributed by atoms with E-state index in [1.54, 1.807) is 0 Å². The Balaban J connectivity index is 2.38. The lowest BCUT2D eigenvalue weighted by molar-refractivity contribution is 0.0685. The standard InChI is InChI=1S/C14H15NO3S/c1-8(2)9-5-3-4-6-10(9)13(19)12-7-11(14(16)17)15-18-12/h3-8,13,19H,1-2H3,(H,16,17). The molecule has 1 aromatic heterocycles. The molecule has 0 aliphatic rings. The molecule has 100 valence electrons. The highest BCUT2D eigenvalue weighted by Crippen LogP contribution is 2.33. The molecule has 0 spiro atoms. The van der Waals surface area contributed by atoms with Crippen LogP contribution in [0.5, 0.6) is 0 Å². The highest BCUT2D eigenvalue weighted by molar-refractivity contribution is 7.80. The van der Waals surface area contributed by atoms with E-state index in [-0.39, 0.29) is 10.9 Å². The lowest BCUT2D eigenvalue weighted by atomic mass is 9.94. The van der Waals surface area contributed by atoms with Gasteiger partial charge in [-0.15, -0.1) is 0 Å². The van der Waals surface area contributed by atoms with Crippen LogP contribution in [0.3, 0.4) is 0 Å². The van der Waals surface area contributed by atoms with Crippen molar-refractivity contribution in [3.8, 4) is 0 Å². The molecule has 1 aromatic carbocycles. The van der Waals surface area contributed by atoms with Crippen LogP contribution in [-0.2, 0) is 0 Å². The van der Waals surface area contributed by atoms with Gasteiger partial charge in [-0.05, 0) is 17.0 Å². The Labute approximate surface area is 116 Å². The minimum Gasteiger partial charge on any atom is -0.476 e. The molecule has 0 amide bonds. The molecule has 0 fully saturated rings. The number of rotatable bonds is 4. The lowest BCUT2D eigenvalue weighted by Gasteiger charge is -2.15. The van der Waals surface area contributed by atoms with Gasteiger partial charge in [-0.3, -0.25) is 0 Å². The van der Waals surface area contributed by atoms with Gasteiger partial charge in [0.1, 0.15) is 0 Å². The molecule has 1 heterocycles. The molecule has 0 bridgehead atoms. The average molecular weight is 277 g/mol. The summed E-state index contributed by atoms with van der Waals surface area (Å²) in [7, 11) is 0. The first kappa shape index (κ1) is 13.7. The van der Waals surface area contributed by atoms with E-state index in [2.05, 4.69) is 31.6 Å². The van der Waals surface area contributed by atoms with Gasteiger partial charge in [-0.1, -0.05) is 43.3 Å². The first-order valence-electron chi connectivity index (χ1n) is 5.97. The number of thiol groups is 1. The third kappa shape index (κ3) is 2.81. The van der Waals surface area contributed by atoms with Crippen molar-refractivity contribution in [2.24, 2.45) is 0 Å². The van der Waals surface area contributed by atoms with Crippen molar-refractivity contribution in [3.05, 3.63) is 52.9 Å². The number of hydrogen-bond acceptors (Lipinski definition) is 4. The van der Waals surface area contributed by atoms with Gasteiger partial charge in [0.05, 0.1) is 5.25 Å². The fraction of sp³-hybridized carbons (Fsp3) is 0.286. The summed E-state index contributed by atoms with van der Waals surface area (Å²) in [4.78, 5) is 10.8. The molecular weight excluding hydrogens is 262 g/mol. The molecule has 0 saturated carbocycles. The predicted molar refractivity (Wildman–Crippen MR) is 74.8 cm³/mol. The molecule has 2 rings (SSSR count). The molecule has 0 aliphatic carbocycles. The number of hydrogen-bond donors (Lipinski definition) is 2. The molecule has 0 aliphatic heterocycles. The van der Waals surface area contributed by atoms with E-state index in [9.17, 15) is 4.79 Å². The van der Waals surface area contributed by atoms with E-state index >= 15 is 0 Å². The number of carboxylic acid groups (broad SMARTS) is 1. The summed E-state index contributed by atoms with van der Waals surface area (Å²) in [5.74, 6) is -0.311. The summed E-state index contributed by atoms with van der Waals surface area (Å²) in [6.45, 7) is 4.20. The van der Waals surface area contributed by atoms with Crippen LogP contribution in [0, 0.1) is 0 Å². The van der Waals surface area contributed by atoms with Crippen LogP contribution < -0.4 is 0 Å². The van der Waals surface area contributed by atoms with Gasteiger partial charge in [0, 0.05) is 6.07 Å². The van der Waals surface area contributed by atoms with Crippen molar-refractivity contribution in [3.63, 3.8) is 0 Å². The number of carboxylic acids is 1. The Bertz CT molecular complexity index is 592. The maximum Gasteiger partial charge on any atom is 0.358 e. The van der Waals surface area contributed by atoms with Crippen LogP contribution in [0.4, 0.5) is 0 Å². The topological polar surface area (TPSA) is 63.3 Å². The normalized spacial score (nSPS) is 12.6. The van der Waals surface area contributed by atoms with Gasteiger partial charge in [-0.2, -0.15) is 12.6 Å². The zero-order chi connectivity index (χ0) is 14.0. The quantitative estimate of drug-likeness (QED) is 0.839. The third-order valence-corrected chi connectivity index (χ3v) is 3.46. The second-order valence-electron chi connectivity index (χ2n) is 4.61. The van der Waals surface area contributed by atoms with E-state index in [1.165, 1.54) is 6.07 Å². The van der Waals surface area contributed by atoms with Gasteiger partial charge >= 0.3 is 5.97 Å². The molecule has 5 heteroatoms. The summed E-state index contributed by atoms with van der Waals surface area (Å²) in [6.07, 6.45) is 0. The van der Waals surface area contributed by atoms with E-state index in [0.29, 0.717) is 11.7 Å². The second kappa shape index (κ2) is 5.48. The Morgan fingerprint density at radius 3 is 2.47 bits per heavy atom. The van der Waals surface area contributed by atoms with Crippen molar-refractivity contribution in [1.29, 1.82) is 0 Å². The van der Waals surface area contributed by atoms with Crippen LogP contribution in [0.1, 0.15) is 52.4 Å². The smallest absolute Gasteiger partial charge is 0.358 e. The van der Waals surface area contributed by atoms with Crippen LogP contribution in [0.25, 0.3) is 0 Å². The van der Waals surface area contributed by atoms with Gasteiger partial charge < -0.3 is 9.63 Å². The zero-order valence-corrected chi connectivity index (χ0v) is 11.6. The summed E-state index contributed by atoms with van der Waals surface area (Å²) < 4.78 is 5.07. The van der Waals surface area contributed by atoms with Gasteiger partial charge in [0.2, 0.25) is 0 Å². The first-order valence-corrected chi connectivity index (χ1v) is 6.49. The highest BCUT2D eigenvalue weighted by Gasteiger charge is 2.20. The molecule has 4 nitrogen and oxygen atoms in total. The predicted octanol–water partition coefficient (Wildman–Crippen LogP) is 3.52. The molecule has 1 N–H and O–H groups in total. The van der Waals surface area contributed by atoms with Crippen LogP contribution in [-0.4, -0.2) is 16.2 Å². The minimum atomic E-state index is -1.10. The van der Waals surface area contributed by atoms with Crippen LogP contribution in [0.2, 0.25) is 0 Å². The number of aromatic nitrogens is 1. The lowest BCUT2D eigenvalue weighted by Crippen LogP contribution is -2.00. The zero-order valence-electron chi connectivity index (χ0n) is 10.7. The molecule has 0 radical (unpaired) electrons. The number of aromatic carboxylic acids is 1. The van der Waals surface area contributed by atoms with Crippen molar-refractivity contribution in [1.82, 2.24) is 5.16 Å². The molecule has 19 heavy (non-hydrogen) atoms. The molecule has 0 saturated heterocycles. The van der Waals surface area contributed by atoms with E-state index in [4.69, 9.17) is 9.63 Å². The van der Waals surface area contributed by atoms with Crippen molar-refractivity contribution < 1.29 is 14.4 Å². The first-order chi connectivity index (χ1) is 9.00. The fourth-order valence-electron chi connectivity index (χ4n) is 1.96. The summed E-state index contributed by atoms with van der Waals surface area (Å²) in [5, 5.41) is 12.0. The number of benzene rings is 1. The van der Waals surface area contributed by atoms with Crippen LogP contribution >= 0.6 is 12.6 Å². The summed E-state index contributed by atoms with van der Waals surface area (Å²) >= 11 is 4.53. The van der Waals surface area contributed by atoms with E-state index in [0.717, 1.165) is 11.1 Å². The van der Waals surface area contributed by atoms with Crippen molar-refractivity contribution >= 4 is 18.6 Å². The average Bonchev–Trinajstić information content (AvgIpc) is 2.87. The fourth-order valence-corrected chi connectivity index (χ4v) is 2.31. The monoisotopic (exact) mass is 277 g/mol. The summed E-state index contributed by atoms with van der Waals surface area (Å²) in [5.41, 5.74) is 2.07. The minimum absolute atomic E-state index is 0.101. The molecule has 1 atom stereocenters. The van der Waals surface area contributed by atoms with E-state index in [1.807, 2.05) is 24.3 Å². The number of nitrogens with zero attached hydrogens (tertiary/aromatic N) is 1.